The normalized spacial score (nSPS) is 11.9. The Hall–Kier alpha value is -2.42. The van der Waals surface area contributed by atoms with Crippen molar-refractivity contribution in [2.75, 3.05) is 11.1 Å². The van der Waals surface area contributed by atoms with Crippen molar-refractivity contribution in [3.8, 4) is 0 Å². The van der Waals surface area contributed by atoms with Crippen LogP contribution in [-0.4, -0.2) is 26.1 Å². The largest absolute Gasteiger partial charge is 0.369 e. The molecule has 7 nitrogen and oxygen atoms in total. The fraction of sp³-hybridized carbons (Fsp3) is 0.231. The number of aromatic nitrogens is 3. The number of carbonyl (C=O) groups excluding carboxylic acids is 1. The van der Waals surface area contributed by atoms with Gasteiger partial charge in [0.05, 0.1) is 11.0 Å². The number of primary amides is 1. The number of nitrogens with two attached hydrogens (primary N) is 2. The summed E-state index contributed by atoms with van der Waals surface area (Å²) >= 11 is 1.30. The van der Waals surface area contributed by atoms with Crippen molar-refractivity contribution in [3.63, 3.8) is 0 Å². The summed E-state index contributed by atoms with van der Waals surface area (Å²) < 4.78 is 12.9. The molecule has 1 unspecified atom stereocenters. The quantitative estimate of drug-likeness (QED) is 0.736. The fourth-order valence-electron chi connectivity index (χ4n) is 1.50. The monoisotopic (exact) mass is 322 g/mol. The van der Waals surface area contributed by atoms with Crippen LogP contribution in [0.1, 0.15) is 12.7 Å². The molecule has 22 heavy (non-hydrogen) atoms. The van der Waals surface area contributed by atoms with E-state index >= 15 is 0 Å². The number of hydrogen-bond donors (Lipinski definition) is 3. The number of halogens is 1. The highest BCUT2D eigenvalue weighted by Gasteiger charge is 2.11. The van der Waals surface area contributed by atoms with E-state index in [1.807, 2.05) is 0 Å². The Morgan fingerprint density at radius 1 is 1.32 bits per heavy atom. The predicted octanol–water partition coefficient (Wildman–Crippen LogP) is 1.44. The summed E-state index contributed by atoms with van der Waals surface area (Å²) in [5, 5.41) is 2.56. The van der Waals surface area contributed by atoms with Crippen molar-refractivity contribution in [1.82, 2.24) is 15.0 Å². The highest BCUT2D eigenvalue weighted by molar-refractivity contribution is 7.99. The molecule has 5 N–H and O–H groups in total. The van der Waals surface area contributed by atoms with E-state index in [0.29, 0.717) is 17.3 Å². The van der Waals surface area contributed by atoms with Gasteiger partial charge in [-0.05, 0) is 31.2 Å². The van der Waals surface area contributed by atoms with Gasteiger partial charge in [0.1, 0.15) is 11.6 Å². The summed E-state index contributed by atoms with van der Waals surface area (Å²) in [5.41, 5.74) is 11.5. The lowest BCUT2D eigenvalue weighted by atomic mass is 10.3. The highest BCUT2D eigenvalue weighted by Crippen LogP contribution is 2.18. The Kier molecular flexibility index (Phi) is 5.10. The zero-order valence-corrected chi connectivity index (χ0v) is 12.6. The summed E-state index contributed by atoms with van der Waals surface area (Å²) in [6.07, 6.45) is 0. The van der Waals surface area contributed by atoms with Crippen molar-refractivity contribution in [3.05, 3.63) is 35.9 Å². The van der Waals surface area contributed by atoms with Crippen LogP contribution in [0.3, 0.4) is 0 Å². The van der Waals surface area contributed by atoms with Crippen LogP contribution in [0.25, 0.3) is 0 Å². The maximum absolute atomic E-state index is 12.9. The zero-order valence-electron chi connectivity index (χ0n) is 11.8. The van der Waals surface area contributed by atoms with Crippen molar-refractivity contribution in [1.29, 1.82) is 0 Å². The van der Waals surface area contributed by atoms with Gasteiger partial charge in [-0.25, -0.2) is 4.39 Å². The second-order valence-corrected chi connectivity index (χ2v) is 5.75. The van der Waals surface area contributed by atoms with Gasteiger partial charge in [0, 0.05) is 5.69 Å². The number of thioether (sulfide) groups is 1. The molecule has 2 rings (SSSR count). The number of nitrogens with one attached hydrogen (secondary N) is 1. The van der Waals surface area contributed by atoms with Crippen molar-refractivity contribution >= 4 is 35.3 Å². The molecule has 1 amide bonds. The first-order valence-corrected chi connectivity index (χ1v) is 7.43. The standard InChI is InChI=1S/C13H15FN6OS/c1-7(11(15)21)22-6-10-18-12(16)20-13(19-10)17-9-4-2-8(14)3-5-9/h2-5,7H,6H2,1H3,(H2,15,21)(H3,16,17,18,19,20). The first kappa shape index (κ1) is 16.0. The summed E-state index contributed by atoms with van der Waals surface area (Å²) in [7, 11) is 0. The maximum Gasteiger partial charge on any atom is 0.232 e. The summed E-state index contributed by atoms with van der Waals surface area (Å²) in [6.45, 7) is 1.70. The van der Waals surface area contributed by atoms with Crippen LogP contribution < -0.4 is 16.8 Å². The van der Waals surface area contributed by atoms with Crippen molar-refractivity contribution in [2.24, 2.45) is 5.73 Å². The first-order valence-electron chi connectivity index (χ1n) is 6.38. The van der Waals surface area contributed by atoms with Gasteiger partial charge in [-0.15, -0.1) is 11.8 Å². The molecule has 0 spiro atoms. The van der Waals surface area contributed by atoms with Crippen LogP contribution in [0.5, 0.6) is 0 Å². The van der Waals surface area contributed by atoms with Gasteiger partial charge < -0.3 is 16.8 Å². The predicted molar refractivity (Wildman–Crippen MR) is 83.9 cm³/mol. The van der Waals surface area contributed by atoms with Gasteiger partial charge in [0.15, 0.2) is 0 Å². The summed E-state index contributed by atoms with van der Waals surface area (Å²) in [4.78, 5) is 23.2. The Morgan fingerprint density at radius 3 is 2.64 bits per heavy atom. The number of hydrogen-bond acceptors (Lipinski definition) is 7. The minimum absolute atomic E-state index is 0.0574. The van der Waals surface area contributed by atoms with E-state index < -0.39 is 5.91 Å². The molecule has 0 aliphatic carbocycles. The van der Waals surface area contributed by atoms with Crippen LogP contribution in [0.4, 0.5) is 22.0 Å². The molecule has 0 fully saturated rings. The van der Waals surface area contributed by atoms with Crippen LogP contribution >= 0.6 is 11.8 Å². The molecule has 0 radical (unpaired) electrons. The molecule has 2 aromatic rings. The number of amides is 1. The highest BCUT2D eigenvalue weighted by atomic mass is 32.2. The second-order valence-electron chi connectivity index (χ2n) is 4.42. The number of rotatable bonds is 6. The number of nitrogens with zero attached hydrogens (tertiary/aromatic N) is 3. The fourth-order valence-corrected chi connectivity index (χ4v) is 2.19. The van der Waals surface area contributed by atoms with Gasteiger partial charge >= 0.3 is 0 Å². The maximum atomic E-state index is 12.9. The molecule has 0 saturated heterocycles. The van der Waals surface area contributed by atoms with E-state index in [1.165, 1.54) is 23.9 Å². The Labute approximate surface area is 130 Å². The molecular weight excluding hydrogens is 307 g/mol. The van der Waals surface area contributed by atoms with Crippen LogP contribution in [-0.2, 0) is 10.5 Å². The first-order chi connectivity index (χ1) is 10.4. The Morgan fingerprint density at radius 2 is 2.00 bits per heavy atom. The molecular formula is C13H15FN6OS. The van der Waals surface area contributed by atoms with Gasteiger partial charge in [-0.1, -0.05) is 0 Å². The van der Waals surface area contributed by atoms with Crippen LogP contribution in [0.15, 0.2) is 24.3 Å². The van der Waals surface area contributed by atoms with Crippen molar-refractivity contribution < 1.29 is 9.18 Å². The smallest absolute Gasteiger partial charge is 0.232 e. The summed E-state index contributed by atoms with van der Waals surface area (Å²) in [6, 6.07) is 5.74. The second kappa shape index (κ2) is 7.03. The molecule has 9 heteroatoms. The van der Waals surface area contributed by atoms with Gasteiger partial charge in [-0.3, -0.25) is 4.79 Å². The summed E-state index contributed by atoms with van der Waals surface area (Å²) in [5.74, 6) is 0.364. The molecule has 1 heterocycles. The minimum atomic E-state index is -0.406. The number of benzene rings is 1. The lowest BCUT2D eigenvalue weighted by Crippen LogP contribution is -2.22. The van der Waals surface area contributed by atoms with E-state index in [0.717, 1.165) is 0 Å². The molecule has 0 saturated carbocycles. The zero-order chi connectivity index (χ0) is 16.1. The number of anilines is 3. The van der Waals surface area contributed by atoms with E-state index in [4.69, 9.17) is 11.5 Å². The topological polar surface area (TPSA) is 120 Å². The van der Waals surface area contributed by atoms with E-state index in [9.17, 15) is 9.18 Å². The molecule has 0 aliphatic rings. The van der Waals surface area contributed by atoms with Crippen LogP contribution in [0.2, 0.25) is 0 Å². The molecule has 0 aliphatic heterocycles. The SMILES string of the molecule is CC(SCc1nc(N)nc(Nc2ccc(F)cc2)n1)C(N)=O. The van der Waals surface area contributed by atoms with E-state index in [1.54, 1.807) is 19.1 Å². The number of nitrogen functional groups attached to an aromatic ring is 1. The van der Waals surface area contributed by atoms with E-state index in [2.05, 4.69) is 20.3 Å². The molecule has 1 aromatic carbocycles. The molecule has 1 atom stereocenters. The number of carbonyl (C=O) groups is 1. The third kappa shape index (κ3) is 4.55. The van der Waals surface area contributed by atoms with Gasteiger partial charge in [0.25, 0.3) is 0 Å². The van der Waals surface area contributed by atoms with Crippen LogP contribution in [0, 0.1) is 5.82 Å². The minimum Gasteiger partial charge on any atom is -0.369 e. The average Bonchev–Trinajstić information content (AvgIpc) is 2.46. The Balaban J connectivity index is 2.09. The lowest BCUT2D eigenvalue weighted by molar-refractivity contribution is -0.117. The molecule has 1 aromatic heterocycles. The van der Waals surface area contributed by atoms with Gasteiger partial charge in [-0.2, -0.15) is 15.0 Å². The third-order valence-corrected chi connectivity index (χ3v) is 3.82. The molecule has 116 valence electrons. The average molecular weight is 322 g/mol. The third-order valence-electron chi connectivity index (χ3n) is 2.66. The van der Waals surface area contributed by atoms with E-state index in [-0.39, 0.29) is 23.0 Å². The molecule has 0 bridgehead atoms. The Bertz CT molecular complexity index is 666. The lowest BCUT2D eigenvalue weighted by Gasteiger charge is -2.09. The van der Waals surface area contributed by atoms with Gasteiger partial charge in [0.2, 0.25) is 17.8 Å². The van der Waals surface area contributed by atoms with Crippen molar-refractivity contribution in [2.45, 2.75) is 17.9 Å².